The molecule has 1 amide bonds. The summed E-state index contributed by atoms with van der Waals surface area (Å²) in [7, 11) is 0. The Kier molecular flexibility index (Phi) is 3.81. The molecule has 0 aliphatic heterocycles. The van der Waals surface area contributed by atoms with E-state index in [0.717, 1.165) is 11.1 Å². The van der Waals surface area contributed by atoms with E-state index >= 15 is 0 Å². The van der Waals surface area contributed by atoms with Crippen LogP contribution in [0.4, 0.5) is 0 Å². The van der Waals surface area contributed by atoms with Crippen LogP contribution in [0.2, 0.25) is 0 Å². The van der Waals surface area contributed by atoms with Crippen LogP contribution in [0.1, 0.15) is 17.5 Å². The Morgan fingerprint density at radius 1 is 1.00 bits per heavy atom. The maximum atomic E-state index is 12.2. The maximum absolute atomic E-state index is 12.2. The summed E-state index contributed by atoms with van der Waals surface area (Å²) >= 11 is 0. The molecule has 0 atom stereocenters. The second-order valence-corrected chi connectivity index (χ2v) is 4.49. The number of rotatable bonds is 5. The van der Waals surface area contributed by atoms with Gasteiger partial charge in [-0.05, 0) is 17.5 Å². The number of carbonyl (C=O) groups excluding carboxylic acids is 1. The van der Waals surface area contributed by atoms with Gasteiger partial charge in [0.1, 0.15) is 5.41 Å². The monoisotopic (exact) mass is 251 g/mol. The van der Waals surface area contributed by atoms with Crippen molar-refractivity contribution >= 4 is 5.91 Å². The minimum Gasteiger partial charge on any atom is -0.369 e. The van der Waals surface area contributed by atoms with Crippen molar-refractivity contribution in [3.8, 4) is 0 Å². The van der Waals surface area contributed by atoms with Crippen molar-refractivity contribution in [2.45, 2.75) is 11.8 Å². The Labute approximate surface area is 113 Å². The molecule has 0 heterocycles. The summed E-state index contributed by atoms with van der Waals surface area (Å²) in [5, 5.41) is 0. The third-order valence-electron chi connectivity index (χ3n) is 3.40. The SMILES string of the molecule is C=CCC(C(N)=O)(c1ccccc1)c1ccccc1. The Hall–Kier alpha value is -2.35. The predicted molar refractivity (Wildman–Crippen MR) is 77.7 cm³/mol. The average molecular weight is 251 g/mol. The zero-order valence-corrected chi connectivity index (χ0v) is 10.8. The van der Waals surface area contributed by atoms with Gasteiger partial charge in [0.2, 0.25) is 5.91 Å². The lowest BCUT2D eigenvalue weighted by molar-refractivity contribution is -0.122. The van der Waals surface area contributed by atoms with E-state index in [1.807, 2.05) is 60.7 Å². The van der Waals surface area contributed by atoms with Gasteiger partial charge in [-0.25, -0.2) is 0 Å². The topological polar surface area (TPSA) is 43.1 Å². The van der Waals surface area contributed by atoms with E-state index < -0.39 is 5.41 Å². The van der Waals surface area contributed by atoms with Crippen molar-refractivity contribution in [3.05, 3.63) is 84.4 Å². The second-order valence-electron chi connectivity index (χ2n) is 4.49. The molecule has 0 aliphatic rings. The Bertz CT molecular complexity index is 521. The van der Waals surface area contributed by atoms with Crippen LogP contribution in [-0.2, 0) is 10.2 Å². The summed E-state index contributed by atoms with van der Waals surface area (Å²) in [6.45, 7) is 3.77. The molecule has 0 saturated carbocycles. The van der Waals surface area contributed by atoms with Crippen molar-refractivity contribution in [2.24, 2.45) is 5.73 Å². The van der Waals surface area contributed by atoms with Gasteiger partial charge in [0, 0.05) is 0 Å². The first-order chi connectivity index (χ1) is 9.21. The number of allylic oxidation sites excluding steroid dienone is 1. The van der Waals surface area contributed by atoms with E-state index in [1.54, 1.807) is 6.08 Å². The molecule has 0 unspecified atom stereocenters. The van der Waals surface area contributed by atoms with Gasteiger partial charge in [0.25, 0.3) is 0 Å². The van der Waals surface area contributed by atoms with Crippen LogP contribution in [0.5, 0.6) is 0 Å². The molecular formula is C17H17NO. The van der Waals surface area contributed by atoms with Crippen molar-refractivity contribution in [3.63, 3.8) is 0 Å². The predicted octanol–water partition coefficient (Wildman–Crippen LogP) is 3.03. The molecule has 2 aromatic rings. The van der Waals surface area contributed by atoms with E-state index in [4.69, 9.17) is 5.73 Å². The highest BCUT2D eigenvalue weighted by molar-refractivity contribution is 5.91. The first-order valence-corrected chi connectivity index (χ1v) is 6.23. The van der Waals surface area contributed by atoms with Crippen molar-refractivity contribution in [2.75, 3.05) is 0 Å². The fourth-order valence-corrected chi connectivity index (χ4v) is 2.45. The fraction of sp³-hybridized carbons (Fsp3) is 0.118. The van der Waals surface area contributed by atoms with E-state index in [0.29, 0.717) is 6.42 Å². The standard InChI is InChI=1S/C17H17NO/c1-2-13-17(16(18)19,14-9-5-3-6-10-14)15-11-7-4-8-12-15/h2-12H,1,13H2,(H2,18,19). The number of nitrogens with two attached hydrogens (primary N) is 1. The second kappa shape index (κ2) is 5.53. The fourth-order valence-electron chi connectivity index (χ4n) is 2.45. The molecule has 0 spiro atoms. The lowest BCUT2D eigenvalue weighted by Gasteiger charge is -2.30. The normalized spacial score (nSPS) is 10.9. The molecule has 0 aromatic heterocycles. The van der Waals surface area contributed by atoms with Gasteiger partial charge in [-0.15, -0.1) is 6.58 Å². The zero-order chi connectivity index (χ0) is 13.7. The maximum Gasteiger partial charge on any atom is 0.232 e. The molecule has 2 aromatic carbocycles. The lowest BCUT2D eigenvalue weighted by atomic mass is 9.71. The molecule has 19 heavy (non-hydrogen) atoms. The van der Waals surface area contributed by atoms with Crippen molar-refractivity contribution in [1.29, 1.82) is 0 Å². The van der Waals surface area contributed by atoms with Gasteiger partial charge in [0.05, 0.1) is 0 Å². The summed E-state index contributed by atoms with van der Waals surface area (Å²) < 4.78 is 0. The highest BCUT2D eigenvalue weighted by Gasteiger charge is 2.38. The number of hydrogen-bond acceptors (Lipinski definition) is 1. The van der Waals surface area contributed by atoms with Crippen LogP contribution in [0.3, 0.4) is 0 Å². The van der Waals surface area contributed by atoms with E-state index in [9.17, 15) is 4.79 Å². The van der Waals surface area contributed by atoms with Gasteiger partial charge < -0.3 is 5.73 Å². The quantitative estimate of drug-likeness (QED) is 0.815. The average Bonchev–Trinajstić information content (AvgIpc) is 2.46. The highest BCUT2D eigenvalue weighted by atomic mass is 16.1. The van der Waals surface area contributed by atoms with Gasteiger partial charge in [-0.1, -0.05) is 66.7 Å². The van der Waals surface area contributed by atoms with Gasteiger partial charge >= 0.3 is 0 Å². The molecule has 0 bridgehead atoms. The first-order valence-electron chi connectivity index (χ1n) is 6.23. The Morgan fingerprint density at radius 3 is 1.74 bits per heavy atom. The minimum absolute atomic E-state index is 0.357. The molecule has 2 N–H and O–H groups in total. The molecule has 0 saturated heterocycles. The molecule has 2 nitrogen and oxygen atoms in total. The van der Waals surface area contributed by atoms with Crippen LogP contribution < -0.4 is 5.73 Å². The summed E-state index contributed by atoms with van der Waals surface area (Å²) in [5.41, 5.74) is 6.69. The summed E-state index contributed by atoms with van der Waals surface area (Å²) in [5.74, 6) is -0.357. The number of amides is 1. The molecule has 2 heteroatoms. The van der Waals surface area contributed by atoms with E-state index in [2.05, 4.69) is 6.58 Å². The summed E-state index contributed by atoms with van der Waals surface area (Å²) in [6.07, 6.45) is 2.22. The molecule has 0 radical (unpaired) electrons. The highest BCUT2D eigenvalue weighted by Crippen LogP contribution is 2.35. The first kappa shape index (κ1) is 13.1. The molecule has 0 aliphatic carbocycles. The van der Waals surface area contributed by atoms with Crippen LogP contribution in [-0.4, -0.2) is 5.91 Å². The van der Waals surface area contributed by atoms with E-state index in [1.165, 1.54) is 0 Å². The Balaban J connectivity index is 2.68. The minimum atomic E-state index is -0.843. The summed E-state index contributed by atoms with van der Waals surface area (Å²) in [4.78, 5) is 12.2. The third kappa shape index (κ3) is 2.29. The van der Waals surface area contributed by atoms with Crippen molar-refractivity contribution < 1.29 is 4.79 Å². The smallest absolute Gasteiger partial charge is 0.232 e. The third-order valence-corrected chi connectivity index (χ3v) is 3.40. The molecule has 0 fully saturated rings. The number of benzene rings is 2. The number of primary amides is 1. The molecular weight excluding hydrogens is 234 g/mol. The van der Waals surface area contributed by atoms with Crippen LogP contribution in [0.15, 0.2) is 73.3 Å². The molecule has 2 rings (SSSR count). The van der Waals surface area contributed by atoms with Gasteiger partial charge in [0.15, 0.2) is 0 Å². The largest absolute Gasteiger partial charge is 0.369 e. The van der Waals surface area contributed by atoms with Crippen LogP contribution >= 0.6 is 0 Å². The molecule has 96 valence electrons. The zero-order valence-electron chi connectivity index (χ0n) is 10.8. The Morgan fingerprint density at radius 2 is 1.42 bits per heavy atom. The number of carbonyl (C=O) groups is 1. The summed E-state index contributed by atoms with van der Waals surface area (Å²) in [6, 6.07) is 19.2. The van der Waals surface area contributed by atoms with Crippen molar-refractivity contribution in [1.82, 2.24) is 0 Å². The van der Waals surface area contributed by atoms with Gasteiger partial charge in [-0.2, -0.15) is 0 Å². The lowest BCUT2D eigenvalue weighted by Crippen LogP contribution is -2.42. The van der Waals surface area contributed by atoms with Gasteiger partial charge in [-0.3, -0.25) is 4.79 Å². The van der Waals surface area contributed by atoms with Crippen LogP contribution in [0, 0.1) is 0 Å². The van der Waals surface area contributed by atoms with Crippen LogP contribution in [0.25, 0.3) is 0 Å². The van der Waals surface area contributed by atoms with E-state index in [-0.39, 0.29) is 5.91 Å². The number of hydrogen-bond donors (Lipinski definition) is 1.